The van der Waals surface area contributed by atoms with Gasteiger partial charge in [-0.2, -0.15) is 0 Å². The number of rotatable bonds is 4. The second kappa shape index (κ2) is 7.65. The van der Waals surface area contributed by atoms with Crippen molar-refractivity contribution in [3.63, 3.8) is 0 Å². The molecular formula is C21H14ClF2N7O. The maximum atomic E-state index is 14.7. The summed E-state index contributed by atoms with van der Waals surface area (Å²) in [6, 6.07) is 7.60. The molecule has 11 heteroatoms. The average molecular weight is 454 g/mol. The first-order valence-electron chi connectivity index (χ1n) is 9.52. The largest absolute Gasteiger partial charge is 0.358 e. The molecule has 1 atom stereocenters. The lowest BCUT2D eigenvalue weighted by Gasteiger charge is -2.20. The van der Waals surface area contributed by atoms with Crippen LogP contribution in [0.15, 0.2) is 53.8 Å². The van der Waals surface area contributed by atoms with E-state index in [1.807, 2.05) is 0 Å². The normalized spacial score (nSPS) is 12.4. The van der Waals surface area contributed by atoms with Gasteiger partial charge in [-0.25, -0.2) is 28.7 Å². The van der Waals surface area contributed by atoms with Crippen LogP contribution < -0.4 is 10.9 Å². The molecule has 2 aromatic carbocycles. The first-order valence-corrected chi connectivity index (χ1v) is 9.89. The number of fused-ring (bicyclic) bond motifs is 2. The number of hydrogen-bond donors (Lipinski definition) is 2. The van der Waals surface area contributed by atoms with Gasteiger partial charge in [-0.05, 0) is 31.2 Å². The summed E-state index contributed by atoms with van der Waals surface area (Å²) in [6.07, 6.45) is 2.84. The fourth-order valence-electron chi connectivity index (χ4n) is 3.52. The Hall–Kier alpha value is -3.92. The van der Waals surface area contributed by atoms with Crippen molar-refractivity contribution in [1.82, 2.24) is 29.5 Å². The number of aromatic nitrogens is 6. The third-order valence-corrected chi connectivity index (χ3v) is 5.37. The number of para-hydroxylation sites is 1. The molecule has 3 heterocycles. The van der Waals surface area contributed by atoms with Crippen LogP contribution in [0.5, 0.6) is 0 Å². The lowest BCUT2D eigenvalue weighted by atomic mass is 10.2. The van der Waals surface area contributed by atoms with E-state index < -0.39 is 23.2 Å². The molecule has 5 rings (SSSR count). The van der Waals surface area contributed by atoms with Gasteiger partial charge in [0.25, 0.3) is 5.56 Å². The van der Waals surface area contributed by atoms with E-state index in [1.54, 1.807) is 13.0 Å². The molecule has 0 aliphatic carbocycles. The van der Waals surface area contributed by atoms with Gasteiger partial charge in [-0.3, -0.25) is 9.36 Å². The molecule has 3 aromatic heterocycles. The average Bonchev–Trinajstić information content (AvgIpc) is 3.27. The Morgan fingerprint density at radius 2 is 1.91 bits per heavy atom. The molecule has 8 nitrogen and oxygen atoms in total. The quantitative estimate of drug-likeness (QED) is 0.424. The van der Waals surface area contributed by atoms with Crippen LogP contribution in [-0.4, -0.2) is 29.5 Å². The number of anilines is 1. The number of aromatic amines is 1. The van der Waals surface area contributed by atoms with E-state index in [9.17, 15) is 13.6 Å². The van der Waals surface area contributed by atoms with Gasteiger partial charge >= 0.3 is 0 Å². The summed E-state index contributed by atoms with van der Waals surface area (Å²) in [7, 11) is 0. The van der Waals surface area contributed by atoms with E-state index in [-0.39, 0.29) is 27.4 Å². The monoisotopic (exact) mass is 453 g/mol. The SMILES string of the molecule is CC(Nc1ncnc2[nH]cnc12)c1nc2ccc(F)c(Cl)c2c(=O)n1-c1ccccc1F. The maximum absolute atomic E-state index is 14.7. The van der Waals surface area contributed by atoms with E-state index in [0.29, 0.717) is 17.0 Å². The van der Waals surface area contributed by atoms with Crippen molar-refractivity contribution in [1.29, 1.82) is 0 Å². The van der Waals surface area contributed by atoms with Crippen molar-refractivity contribution in [3.05, 3.63) is 81.9 Å². The Balaban J connectivity index is 1.75. The first kappa shape index (κ1) is 20.0. The zero-order valence-electron chi connectivity index (χ0n) is 16.5. The molecule has 0 saturated carbocycles. The Morgan fingerprint density at radius 1 is 1.09 bits per heavy atom. The summed E-state index contributed by atoms with van der Waals surface area (Å²) >= 11 is 6.08. The molecule has 0 saturated heterocycles. The second-order valence-corrected chi connectivity index (χ2v) is 7.38. The number of imidazole rings is 1. The molecule has 2 N–H and O–H groups in total. The van der Waals surface area contributed by atoms with Gasteiger partial charge in [0, 0.05) is 0 Å². The molecule has 1 unspecified atom stereocenters. The van der Waals surface area contributed by atoms with Crippen molar-refractivity contribution in [3.8, 4) is 5.69 Å². The zero-order chi connectivity index (χ0) is 22.4. The van der Waals surface area contributed by atoms with Gasteiger partial charge in [0.05, 0.1) is 34.0 Å². The summed E-state index contributed by atoms with van der Waals surface area (Å²) < 4.78 is 29.9. The zero-order valence-corrected chi connectivity index (χ0v) is 17.2. The number of H-pyrrole nitrogens is 1. The van der Waals surface area contributed by atoms with Crippen LogP contribution in [0.4, 0.5) is 14.6 Å². The molecule has 0 bridgehead atoms. The summed E-state index contributed by atoms with van der Waals surface area (Å²) in [5, 5.41) is 2.64. The Labute approximate surface area is 184 Å². The topological polar surface area (TPSA) is 101 Å². The molecule has 0 spiro atoms. The Morgan fingerprint density at radius 3 is 2.72 bits per heavy atom. The van der Waals surface area contributed by atoms with Crippen LogP contribution in [0.25, 0.3) is 27.8 Å². The molecular weight excluding hydrogens is 440 g/mol. The van der Waals surface area contributed by atoms with Gasteiger partial charge in [-0.15, -0.1) is 0 Å². The van der Waals surface area contributed by atoms with Gasteiger partial charge in [0.15, 0.2) is 11.5 Å². The van der Waals surface area contributed by atoms with Crippen LogP contribution >= 0.6 is 11.6 Å². The highest BCUT2D eigenvalue weighted by Crippen LogP contribution is 2.27. The molecule has 32 heavy (non-hydrogen) atoms. The number of nitrogens with one attached hydrogen (secondary N) is 2. The number of nitrogens with zero attached hydrogens (tertiary/aromatic N) is 5. The number of hydrogen-bond acceptors (Lipinski definition) is 6. The molecule has 0 amide bonds. The molecule has 5 aromatic rings. The summed E-state index contributed by atoms with van der Waals surface area (Å²) in [4.78, 5) is 33.4. The Bertz CT molecular complexity index is 1550. The van der Waals surface area contributed by atoms with Crippen molar-refractivity contribution in [2.24, 2.45) is 0 Å². The molecule has 0 aliphatic heterocycles. The van der Waals surface area contributed by atoms with Crippen LogP contribution in [0.3, 0.4) is 0 Å². The summed E-state index contributed by atoms with van der Waals surface area (Å²) in [5.74, 6) is -0.833. The van der Waals surface area contributed by atoms with Crippen LogP contribution in [0, 0.1) is 11.6 Å². The molecule has 0 fully saturated rings. The van der Waals surface area contributed by atoms with E-state index in [2.05, 4.69) is 30.2 Å². The maximum Gasteiger partial charge on any atom is 0.267 e. The third kappa shape index (κ3) is 3.16. The van der Waals surface area contributed by atoms with Gasteiger partial charge in [0.2, 0.25) is 0 Å². The fourth-order valence-corrected chi connectivity index (χ4v) is 3.76. The van der Waals surface area contributed by atoms with Crippen molar-refractivity contribution in [2.45, 2.75) is 13.0 Å². The minimum Gasteiger partial charge on any atom is -0.358 e. The summed E-state index contributed by atoms with van der Waals surface area (Å²) in [5.41, 5.74) is 0.467. The highest BCUT2D eigenvalue weighted by Gasteiger charge is 2.23. The van der Waals surface area contributed by atoms with Crippen LogP contribution in [0.2, 0.25) is 5.02 Å². The summed E-state index contributed by atoms with van der Waals surface area (Å²) in [6.45, 7) is 1.73. The molecule has 0 aliphatic rings. The first-order chi connectivity index (χ1) is 15.5. The van der Waals surface area contributed by atoms with Crippen molar-refractivity contribution < 1.29 is 8.78 Å². The fraction of sp³-hybridized carbons (Fsp3) is 0.0952. The van der Waals surface area contributed by atoms with Gasteiger partial charge < -0.3 is 10.3 Å². The van der Waals surface area contributed by atoms with Gasteiger partial charge in [-0.1, -0.05) is 23.7 Å². The van der Waals surface area contributed by atoms with E-state index in [0.717, 1.165) is 10.6 Å². The number of halogens is 3. The molecule has 160 valence electrons. The molecule has 0 radical (unpaired) electrons. The van der Waals surface area contributed by atoms with E-state index in [4.69, 9.17) is 11.6 Å². The standard InChI is InChI=1S/C21H14ClF2N7O/c1-10(29-19-17-18(26-8-25-17)27-9-28-19)20-30-13-7-6-12(24)16(22)15(13)21(32)31(20)14-5-3-2-4-11(14)23/h2-10H,1H3,(H2,25,26,27,28,29). The predicted octanol–water partition coefficient (Wildman–Crippen LogP) is 4.16. The lowest BCUT2D eigenvalue weighted by molar-refractivity contribution is 0.606. The van der Waals surface area contributed by atoms with Crippen LogP contribution in [-0.2, 0) is 0 Å². The highest BCUT2D eigenvalue weighted by atomic mass is 35.5. The second-order valence-electron chi connectivity index (χ2n) is 7.01. The smallest absolute Gasteiger partial charge is 0.267 e. The third-order valence-electron chi connectivity index (χ3n) is 5.00. The number of benzene rings is 2. The van der Waals surface area contributed by atoms with Crippen LogP contribution in [0.1, 0.15) is 18.8 Å². The minimum atomic E-state index is -0.765. The van der Waals surface area contributed by atoms with Crippen molar-refractivity contribution in [2.75, 3.05) is 5.32 Å². The Kier molecular flexibility index (Phi) is 4.78. The highest BCUT2D eigenvalue weighted by molar-refractivity contribution is 6.35. The van der Waals surface area contributed by atoms with Gasteiger partial charge in [0.1, 0.15) is 29.3 Å². The van der Waals surface area contributed by atoms with E-state index >= 15 is 0 Å². The van der Waals surface area contributed by atoms with Crippen molar-refractivity contribution >= 4 is 39.5 Å². The lowest BCUT2D eigenvalue weighted by Crippen LogP contribution is -2.28. The minimum absolute atomic E-state index is 0.0384. The van der Waals surface area contributed by atoms with E-state index in [1.165, 1.54) is 36.9 Å². The predicted molar refractivity (Wildman–Crippen MR) is 116 cm³/mol.